The van der Waals surface area contributed by atoms with Gasteiger partial charge in [0.15, 0.2) is 0 Å². The van der Waals surface area contributed by atoms with Crippen LogP contribution >= 0.6 is 11.8 Å². The number of nitrogens with one attached hydrogen (secondary N) is 1. The standard InChI is InChI=1S/C9H15NO3S/c1-6(7-2-3-7)10-8(11)4-14-5-9(12)13/h6-7H,2-5H2,1H3,(H,10,11)(H,12,13). The summed E-state index contributed by atoms with van der Waals surface area (Å²) in [4.78, 5) is 21.4. The van der Waals surface area contributed by atoms with Crippen molar-refractivity contribution in [1.29, 1.82) is 0 Å². The molecule has 0 radical (unpaired) electrons. The highest BCUT2D eigenvalue weighted by molar-refractivity contribution is 8.00. The van der Waals surface area contributed by atoms with E-state index in [-0.39, 0.29) is 23.5 Å². The summed E-state index contributed by atoms with van der Waals surface area (Å²) in [5.74, 6) is -0.0636. The van der Waals surface area contributed by atoms with E-state index in [2.05, 4.69) is 5.32 Å². The fourth-order valence-corrected chi connectivity index (χ4v) is 1.79. The van der Waals surface area contributed by atoms with Gasteiger partial charge in [-0.05, 0) is 25.7 Å². The van der Waals surface area contributed by atoms with Crippen molar-refractivity contribution in [3.8, 4) is 0 Å². The first-order valence-electron chi connectivity index (χ1n) is 4.68. The third kappa shape index (κ3) is 4.50. The van der Waals surface area contributed by atoms with Crippen LogP contribution in [0, 0.1) is 5.92 Å². The average Bonchev–Trinajstić information content (AvgIpc) is 2.84. The van der Waals surface area contributed by atoms with E-state index in [4.69, 9.17) is 5.11 Å². The van der Waals surface area contributed by atoms with E-state index in [1.165, 1.54) is 12.8 Å². The minimum absolute atomic E-state index is 0.00870. The molecule has 0 spiro atoms. The zero-order valence-corrected chi connectivity index (χ0v) is 8.97. The summed E-state index contributed by atoms with van der Waals surface area (Å²) >= 11 is 1.13. The van der Waals surface area contributed by atoms with Crippen LogP contribution in [-0.2, 0) is 9.59 Å². The third-order valence-electron chi connectivity index (χ3n) is 2.18. The van der Waals surface area contributed by atoms with E-state index in [1.807, 2.05) is 6.92 Å². The van der Waals surface area contributed by atoms with E-state index in [0.717, 1.165) is 11.8 Å². The van der Waals surface area contributed by atoms with Crippen molar-refractivity contribution < 1.29 is 14.7 Å². The summed E-state index contributed by atoms with van der Waals surface area (Å²) in [6.07, 6.45) is 2.40. The number of aliphatic carboxylic acids is 1. The van der Waals surface area contributed by atoms with Crippen LogP contribution in [0.3, 0.4) is 0 Å². The van der Waals surface area contributed by atoms with Crippen LogP contribution in [0.15, 0.2) is 0 Å². The van der Waals surface area contributed by atoms with Crippen molar-refractivity contribution >= 4 is 23.6 Å². The van der Waals surface area contributed by atoms with Crippen molar-refractivity contribution in [2.75, 3.05) is 11.5 Å². The van der Waals surface area contributed by atoms with Crippen molar-refractivity contribution in [3.05, 3.63) is 0 Å². The normalized spacial score (nSPS) is 17.5. The van der Waals surface area contributed by atoms with Gasteiger partial charge in [0.05, 0.1) is 11.5 Å². The van der Waals surface area contributed by atoms with E-state index >= 15 is 0 Å². The molecule has 2 N–H and O–H groups in total. The molecular weight excluding hydrogens is 202 g/mol. The molecule has 0 bridgehead atoms. The van der Waals surface area contributed by atoms with E-state index < -0.39 is 5.97 Å². The van der Waals surface area contributed by atoms with E-state index in [9.17, 15) is 9.59 Å². The first-order valence-corrected chi connectivity index (χ1v) is 5.84. The Morgan fingerprint density at radius 1 is 1.50 bits per heavy atom. The number of carboxylic acid groups (broad SMARTS) is 1. The number of hydrogen-bond donors (Lipinski definition) is 2. The molecule has 4 nitrogen and oxygen atoms in total. The van der Waals surface area contributed by atoms with Gasteiger partial charge in [-0.1, -0.05) is 0 Å². The van der Waals surface area contributed by atoms with Gasteiger partial charge in [-0.25, -0.2) is 0 Å². The Bertz CT molecular complexity index is 228. The van der Waals surface area contributed by atoms with Crippen LogP contribution in [-0.4, -0.2) is 34.5 Å². The minimum Gasteiger partial charge on any atom is -0.481 e. The van der Waals surface area contributed by atoms with Gasteiger partial charge in [0.25, 0.3) is 0 Å². The summed E-state index contributed by atoms with van der Waals surface area (Å²) in [7, 11) is 0. The van der Waals surface area contributed by atoms with Gasteiger partial charge in [0, 0.05) is 6.04 Å². The molecule has 0 aromatic carbocycles. The van der Waals surface area contributed by atoms with Crippen LogP contribution < -0.4 is 5.32 Å². The van der Waals surface area contributed by atoms with Gasteiger partial charge in [-0.15, -0.1) is 11.8 Å². The van der Waals surface area contributed by atoms with Gasteiger partial charge < -0.3 is 10.4 Å². The predicted molar refractivity (Wildman–Crippen MR) is 55.3 cm³/mol. The van der Waals surface area contributed by atoms with Crippen LogP contribution in [0.1, 0.15) is 19.8 Å². The molecule has 0 aromatic rings. The lowest BCUT2D eigenvalue weighted by Crippen LogP contribution is -2.35. The number of thioether (sulfide) groups is 1. The number of carbonyl (C=O) groups is 2. The van der Waals surface area contributed by atoms with Crippen molar-refractivity contribution in [2.45, 2.75) is 25.8 Å². The number of amides is 1. The molecule has 1 aliphatic carbocycles. The number of carboxylic acids is 1. The van der Waals surface area contributed by atoms with Gasteiger partial charge in [-0.3, -0.25) is 9.59 Å². The summed E-state index contributed by atoms with van der Waals surface area (Å²) in [5, 5.41) is 11.2. The topological polar surface area (TPSA) is 66.4 Å². The Labute approximate surface area is 87.4 Å². The zero-order valence-electron chi connectivity index (χ0n) is 8.16. The summed E-state index contributed by atoms with van der Waals surface area (Å²) in [6, 6.07) is 0.243. The highest BCUT2D eigenvalue weighted by Crippen LogP contribution is 2.32. The van der Waals surface area contributed by atoms with Crippen LogP contribution in [0.4, 0.5) is 0 Å². The van der Waals surface area contributed by atoms with Crippen LogP contribution in [0.25, 0.3) is 0 Å². The van der Waals surface area contributed by atoms with Gasteiger partial charge in [0.2, 0.25) is 5.91 Å². The fourth-order valence-electron chi connectivity index (χ4n) is 1.24. The highest BCUT2D eigenvalue weighted by Gasteiger charge is 2.28. The largest absolute Gasteiger partial charge is 0.481 e. The summed E-state index contributed by atoms with van der Waals surface area (Å²) in [6.45, 7) is 2.00. The van der Waals surface area contributed by atoms with E-state index in [0.29, 0.717) is 5.92 Å². The molecule has 1 aliphatic rings. The molecule has 0 saturated heterocycles. The third-order valence-corrected chi connectivity index (χ3v) is 3.09. The Morgan fingerprint density at radius 3 is 2.64 bits per heavy atom. The second-order valence-electron chi connectivity index (χ2n) is 3.58. The molecule has 14 heavy (non-hydrogen) atoms. The maximum absolute atomic E-state index is 11.2. The monoisotopic (exact) mass is 217 g/mol. The fraction of sp³-hybridized carbons (Fsp3) is 0.778. The van der Waals surface area contributed by atoms with Gasteiger partial charge >= 0.3 is 5.97 Å². The number of carbonyl (C=O) groups excluding carboxylic acids is 1. The van der Waals surface area contributed by atoms with Crippen molar-refractivity contribution in [1.82, 2.24) is 5.32 Å². The Hall–Kier alpha value is -0.710. The Balaban J connectivity index is 2.05. The molecule has 0 heterocycles. The van der Waals surface area contributed by atoms with Gasteiger partial charge in [0.1, 0.15) is 0 Å². The SMILES string of the molecule is CC(NC(=O)CSCC(=O)O)C1CC1. The maximum Gasteiger partial charge on any atom is 0.313 e. The predicted octanol–water partition coefficient (Wildman–Crippen LogP) is 0.719. The molecule has 80 valence electrons. The number of hydrogen-bond acceptors (Lipinski definition) is 3. The van der Waals surface area contributed by atoms with Crippen LogP contribution in [0.2, 0.25) is 0 Å². The van der Waals surface area contributed by atoms with Crippen molar-refractivity contribution in [3.63, 3.8) is 0 Å². The number of rotatable bonds is 6. The molecule has 1 unspecified atom stereocenters. The lowest BCUT2D eigenvalue weighted by molar-refractivity contribution is -0.133. The average molecular weight is 217 g/mol. The lowest BCUT2D eigenvalue weighted by atomic mass is 10.2. The van der Waals surface area contributed by atoms with E-state index in [1.54, 1.807) is 0 Å². The molecule has 5 heteroatoms. The molecule has 1 rings (SSSR count). The molecular formula is C9H15NO3S. The Kier molecular flexibility index (Phi) is 4.25. The van der Waals surface area contributed by atoms with Crippen molar-refractivity contribution in [2.24, 2.45) is 5.92 Å². The summed E-state index contributed by atoms with van der Waals surface area (Å²) < 4.78 is 0. The van der Waals surface area contributed by atoms with Gasteiger partial charge in [-0.2, -0.15) is 0 Å². The quantitative estimate of drug-likeness (QED) is 0.688. The molecule has 1 fully saturated rings. The Morgan fingerprint density at radius 2 is 2.14 bits per heavy atom. The second kappa shape index (κ2) is 5.24. The molecule has 1 atom stereocenters. The lowest BCUT2D eigenvalue weighted by Gasteiger charge is -2.11. The molecule has 1 saturated carbocycles. The first-order chi connectivity index (χ1) is 6.59. The van der Waals surface area contributed by atoms with Crippen LogP contribution in [0.5, 0.6) is 0 Å². The smallest absolute Gasteiger partial charge is 0.313 e. The minimum atomic E-state index is -0.877. The molecule has 0 aliphatic heterocycles. The summed E-state index contributed by atoms with van der Waals surface area (Å²) in [5.41, 5.74) is 0. The second-order valence-corrected chi connectivity index (χ2v) is 4.57. The zero-order chi connectivity index (χ0) is 10.6. The first kappa shape index (κ1) is 11.4. The molecule has 1 amide bonds. The molecule has 0 aromatic heterocycles. The maximum atomic E-state index is 11.2. The highest BCUT2D eigenvalue weighted by atomic mass is 32.2.